The van der Waals surface area contributed by atoms with Gasteiger partial charge >= 0.3 is 0 Å². The monoisotopic (exact) mass is 391 g/mol. The number of rotatable bonds is 8. The fourth-order valence-electron chi connectivity index (χ4n) is 7.82. The summed E-state index contributed by atoms with van der Waals surface area (Å²) in [5, 5.41) is 22.6. The van der Waals surface area contributed by atoms with Gasteiger partial charge in [0.25, 0.3) is 0 Å². The van der Waals surface area contributed by atoms with Crippen molar-refractivity contribution in [1.29, 1.82) is 0 Å². The van der Waals surface area contributed by atoms with Gasteiger partial charge in [0.1, 0.15) is 0 Å². The molecule has 0 aromatic rings. The van der Waals surface area contributed by atoms with Crippen molar-refractivity contribution < 1.29 is 10.3 Å². The van der Waals surface area contributed by atoms with Gasteiger partial charge < -0.3 is 10.3 Å². The van der Waals surface area contributed by atoms with E-state index < -0.39 is 0 Å². The van der Waals surface area contributed by atoms with Crippen LogP contribution in [0.15, 0.2) is 5.16 Å². The van der Waals surface area contributed by atoms with E-state index in [1.54, 1.807) is 0 Å². The third kappa shape index (κ3) is 4.30. The lowest BCUT2D eigenvalue weighted by atomic mass is 9.51. The molecule has 0 unspecified atom stereocenters. The predicted octanol–water partition coefficient (Wildman–Crippen LogP) is 6.52. The number of nitrogens with zero attached hydrogens (tertiary/aromatic N) is 1. The fourth-order valence-corrected chi connectivity index (χ4v) is 7.82. The first-order chi connectivity index (χ1) is 13.4. The van der Waals surface area contributed by atoms with Gasteiger partial charge in [0.15, 0.2) is 0 Å². The van der Waals surface area contributed by atoms with E-state index in [1.165, 1.54) is 51.4 Å². The minimum Gasteiger partial charge on any atom is -0.411 e. The summed E-state index contributed by atoms with van der Waals surface area (Å²) < 4.78 is 0. The van der Waals surface area contributed by atoms with E-state index in [0.717, 1.165) is 54.6 Å². The molecule has 3 saturated carbocycles. The standard InChI is InChI=1S/C25H45NO2/c1-17(2)7-5-8-18(3)22-11-12-23-20-10-13-24(26-28)21(9-6-16-27)19(20)14-15-25(22,23)4/h17-23,27-28H,5-16H2,1-4H3/b26-24+/t18-,19+,20-,21-,22+,23+,25-/m1/s1. The summed E-state index contributed by atoms with van der Waals surface area (Å²) in [5.41, 5.74) is 1.54. The van der Waals surface area contributed by atoms with Crippen LogP contribution >= 0.6 is 0 Å². The zero-order chi connectivity index (χ0) is 20.3. The van der Waals surface area contributed by atoms with E-state index in [0.29, 0.717) is 17.3 Å². The molecule has 0 spiro atoms. The van der Waals surface area contributed by atoms with Crippen molar-refractivity contribution in [3.8, 4) is 0 Å². The van der Waals surface area contributed by atoms with E-state index in [2.05, 4.69) is 32.9 Å². The van der Waals surface area contributed by atoms with Gasteiger partial charge in [-0.3, -0.25) is 0 Å². The zero-order valence-electron chi connectivity index (χ0n) is 18.9. The van der Waals surface area contributed by atoms with Crippen molar-refractivity contribution in [3.63, 3.8) is 0 Å². The fraction of sp³-hybridized carbons (Fsp3) is 0.960. The minimum absolute atomic E-state index is 0.254. The Morgan fingerprint density at radius 2 is 1.82 bits per heavy atom. The molecule has 3 aliphatic carbocycles. The van der Waals surface area contributed by atoms with E-state index in [-0.39, 0.29) is 6.61 Å². The van der Waals surface area contributed by atoms with Crippen LogP contribution in [0.3, 0.4) is 0 Å². The van der Waals surface area contributed by atoms with Crippen molar-refractivity contribution in [2.24, 2.45) is 52.0 Å². The number of fused-ring (bicyclic) bond motifs is 3. The summed E-state index contributed by atoms with van der Waals surface area (Å²) >= 11 is 0. The first kappa shape index (κ1) is 22.1. The lowest BCUT2D eigenvalue weighted by Gasteiger charge is -2.53. The maximum absolute atomic E-state index is 9.55. The van der Waals surface area contributed by atoms with Crippen LogP contribution in [0, 0.1) is 46.8 Å². The Bertz CT molecular complexity index is 531. The highest BCUT2D eigenvalue weighted by molar-refractivity contribution is 5.87. The van der Waals surface area contributed by atoms with Gasteiger partial charge in [0.05, 0.1) is 5.71 Å². The molecule has 0 heterocycles. The number of aliphatic hydroxyl groups excluding tert-OH is 1. The van der Waals surface area contributed by atoms with Crippen LogP contribution in [-0.2, 0) is 0 Å². The van der Waals surface area contributed by atoms with Gasteiger partial charge in [-0.2, -0.15) is 0 Å². The molecule has 0 aliphatic heterocycles. The Kier molecular flexibility index (Phi) is 7.50. The highest BCUT2D eigenvalue weighted by Crippen LogP contribution is 2.64. The zero-order valence-corrected chi connectivity index (χ0v) is 18.9. The quantitative estimate of drug-likeness (QED) is 0.365. The van der Waals surface area contributed by atoms with E-state index in [9.17, 15) is 10.3 Å². The Balaban J connectivity index is 1.69. The number of hydrogen-bond donors (Lipinski definition) is 2. The molecule has 3 heteroatoms. The molecular formula is C25H45NO2. The average Bonchev–Trinajstić information content (AvgIpc) is 3.02. The molecule has 3 nitrogen and oxygen atoms in total. The number of hydrogen-bond acceptors (Lipinski definition) is 3. The van der Waals surface area contributed by atoms with Crippen LogP contribution in [0.2, 0.25) is 0 Å². The van der Waals surface area contributed by atoms with Crippen molar-refractivity contribution >= 4 is 5.71 Å². The van der Waals surface area contributed by atoms with Gasteiger partial charge in [-0.05, 0) is 92.3 Å². The molecule has 7 atom stereocenters. The summed E-state index contributed by atoms with van der Waals surface area (Å²) in [6.07, 6.45) is 13.7. The van der Waals surface area contributed by atoms with Crippen molar-refractivity contribution in [1.82, 2.24) is 0 Å². The summed E-state index contributed by atoms with van der Waals surface area (Å²) in [5.74, 6) is 5.33. The van der Waals surface area contributed by atoms with Gasteiger partial charge in [-0.15, -0.1) is 0 Å². The van der Waals surface area contributed by atoms with Crippen molar-refractivity contribution in [3.05, 3.63) is 0 Å². The summed E-state index contributed by atoms with van der Waals surface area (Å²) in [7, 11) is 0. The summed E-state index contributed by atoms with van der Waals surface area (Å²) in [6.45, 7) is 10.1. The molecule has 0 aromatic carbocycles. The Morgan fingerprint density at radius 1 is 1.04 bits per heavy atom. The van der Waals surface area contributed by atoms with Crippen molar-refractivity contribution in [2.75, 3.05) is 6.61 Å². The molecule has 3 rings (SSSR count). The molecule has 162 valence electrons. The second-order valence-electron chi connectivity index (χ2n) is 11.1. The summed E-state index contributed by atoms with van der Waals surface area (Å²) in [6, 6.07) is 0. The lowest BCUT2D eigenvalue weighted by molar-refractivity contribution is -0.0249. The molecule has 3 fully saturated rings. The van der Waals surface area contributed by atoms with Crippen LogP contribution in [0.25, 0.3) is 0 Å². The lowest BCUT2D eigenvalue weighted by Crippen LogP contribution is -2.48. The summed E-state index contributed by atoms with van der Waals surface area (Å²) in [4.78, 5) is 0. The maximum atomic E-state index is 9.55. The smallest absolute Gasteiger partial charge is 0.0604 e. The highest BCUT2D eigenvalue weighted by Gasteiger charge is 2.56. The maximum Gasteiger partial charge on any atom is 0.0604 e. The van der Waals surface area contributed by atoms with Gasteiger partial charge in [-0.25, -0.2) is 0 Å². The van der Waals surface area contributed by atoms with E-state index >= 15 is 0 Å². The number of oxime groups is 1. The average molecular weight is 392 g/mol. The van der Waals surface area contributed by atoms with Crippen LogP contribution in [0.1, 0.15) is 98.3 Å². The SMILES string of the molecule is CC(C)CCC[C@@H](C)[C@@H]1CC[C@H]2[C@@H]3CC/C(=N\O)[C@H](CCCO)[C@H]3CC[C@@]21C. The van der Waals surface area contributed by atoms with Gasteiger partial charge in [0.2, 0.25) is 0 Å². The Hall–Kier alpha value is -0.570. The molecule has 0 amide bonds. The normalized spacial score (nSPS) is 40.5. The molecule has 0 bridgehead atoms. The Labute approximate surface area is 173 Å². The highest BCUT2D eigenvalue weighted by atomic mass is 16.4. The molecule has 0 saturated heterocycles. The van der Waals surface area contributed by atoms with Crippen LogP contribution in [0.5, 0.6) is 0 Å². The first-order valence-corrected chi connectivity index (χ1v) is 12.2. The second-order valence-corrected chi connectivity index (χ2v) is 11.1. The molecule has 28 heavy (non-hydrogen) atoms. The third-order valence-corrected chi connectivity index (χ3v) is 9.17. The van der Waals surface area contributed by atoms with Crippen LogP contribution < -0.4 is 0 Å². The molecule has 0 radical (unpaired) electrons. The van der Waals surface area contributed by atoms with Crippen molar-refractivity contribution in [2.45, 2.75) is 98.3 Å². The minimum atomic E-state index is 0.254. The van der Waals surface area contributed by atoms with E-state index in [4.69, 9.17) is 0 Å². The number of aliphatic hydroxyl groups is 1. The predicted molar refractivity (Wildman–Crippen MR) is 117 cm³/mol. The van der Waals surface area contributed by atoms with Crippen LogP contribution in [-0.4, -0.2) is 22.6 Å². The third-order valence-electron chi connectivity index (χ3n) is 9.17. The van der Waals surface area contributed by atoms with Gasteiger partial charge in [-0.1, -0.05) is 52.1 Å². The molecular weight excluding hydrogens is 346 g/mol. The topological polar surface area (TPSA) is 52.8 Å². The first-order valence-electron chi connectivity index (χ1n) is 12.2. The second kappa shape index (κ2) is 9.49. The largest absolute Gasteiger partial charge is 0.411 e. The molecule has 2 N–H and O–H groups in total. The molecule has 3 aliphatic rings. The van der Waals surface area contributed by atoms with Crippen LogP contribution in [0.4, 0.5) is 0 Å². The molecule has 0 aromatic heterocycles. The van der Waals surface area contributed by atoms with Gasteiger partial charge in [0, 0.05) is 12.5 Å². The van der Waals surface area contributed by atoms with E-state index in [1.807, 2.05) is 0 Å². The Morgan fingerprint density at radius 3 is 2.50 bits per heavy atom.